The van der Waals surface area contributed by atoms with Crippen LogP contribution in [0.2, 0.25) is 0 Å². The van der Waals surface area contributed by atoms with E-state index in [1.54, 1.807) is 0 Å². The van der Waals surface area contributed by atoms with Gasteiger partial charge in [-0.3, -0.25) is 0 Å². The minimum absolute atomic E-state index is 0.531. The van der Waals surface area contributed by atoms with Gasteiger partial charge in [-0.1, -0.05) is 69.9 Å². The number of aliphatic hydroxyl groups excluding tert-OH is 2. The van der Waals surface area contributed by atoms with Crippen molar-refractivity contribution < 1.29 is 10.2 Å². The molecule has 0 saturated heterocycles. The summed E-state index contributed by atoms with van der Waals surface area (Å²) in [4.78, 5) is 0. The Kier molecular flexibility index (Phi) is 14.4. The minimum atomic E-state index is -0.542. The summed E-state index contributed by atoms with van der Waals surface area (Å²) in [6.07, 6.45) is 14.7. The fraction of sp³-hybridized carbons (Fsp3) is 0.895. The standard InChI is InChI=1S/C19H38O2/c1-4-5-6-7-8-9-10-11-15-18(20)19(21)16-13-12-14-17(2)3/h14,18-21H,4-13,15-16H2,1-3H3/t18-,19+/m1/s1. The lowest BCUT2D eigenvalue weighted by molar-refractivity contribution is 0.00761. The Hall–Kier alpha value is -0.340. The molecule has 0 saturated carbocycles. The lowest BCUT2D eigenvalue weighted by Crippen LogP contribution is -2.25. The van der Waals surface area contributed by atoms with E-state index in [0.717, 1.165) is 25.7 Å². The van der Waals surface area contributed by atoms with E-state index < -0.39 is 12.2 Å². The van der Waals surface area contributed by atoms with Crippen molar-refractivity contribution in [2.24, 2.45) is 0 Å². The maximum Gasteiger partial charge on any atom is 0.0799 e. The summed E-state index contributed by atoms with van der Waals surface area (Å²) in [7, 11) is 0. The van der Waals surface area contributed by atoms with Crippen LogP contribution in [0.5, 0.6) is 0 Å². The van der Waals surface area contributed by atoms with Gasteiger partial charge < -0.3 is 10.2 Å². The van der Waals surface area contributed by atoms with Crippen molar-refractivity contribution >= 4 is 0 Å². The average Bonchev–Trinajstić information content (AvgIpc) is 2.45. The Morgan fingerprint density at radius 3 is 1.76 bits per heavy atom. The molecule has 0 aromatic heterocycles. The van der Waals surface area contributed by atoms with Gasteiger partial charge in [0, 0.05) is 0 Å². The van der Waals surface area contributed by atoms with Crippen LogP contribution in [0.4, 0.5) is 0 Å². The lowest BCUT2D eigenvalue weighted by Gasteiger charge is -2.17. The van der Waals surface area contributed by atoms with Gasteiger partial charge in [0.2, 0.25) is 0 Å². The van der Waals surface area contributed by atoms with Gasteiger partial charge in [0.05, 0.1) is 12.2 Å². The van der Waals surface area contributed by atoms with Gasteiger partial charge in [0.15, 0.2) is 0 Å². The third kappa shape index (κ3) is 14.4. The molecule has 0 unspecified atom stereocenters. The molecule has 126 valence electrons. The SMILES string of the molecule is CCCCCCCCCC[C@@H](O)[C@@H](O)CCCC=C(C)C. The van der Waals surface area contributed by atoms with E-state index >= 15 is 0 Å². The maximum atomic E-state index is 9.93. The third-order valence-corrected chi connectivity index (χ3v) is 4.05. The highest BCUT2D eigenvalue weighted by molar-refractivity contribution is 4.92. The average molecular weight is 299 g/mol. The molecule has 2 N–H and O–H groups in total. The van der Waals surface area contributed by atoms with Crippen LogP contribution in [-0.2, 0) is 0 Å². The lowest BCUT2D eigenvalue weighted by atomic mass is 10.0. The molecule has 0 bridgehead atoms. The molecule has 0 radical (unpaired) electrons. The summed E-state index contributed by atoms with van der Waals surface area (Å²) in [5.74, 6) is 0. The molecule has 0 aliphatic heterocycles. The minimum Gasteiger partial charge on any atom is -0.390 e. The largest absolute Gasteiger partial charge is 0.390 e. The summed E-state index contributed by atoms with van der Waals surface area (Å²) in [5, 5.41) is 19.8. The van der Waals surface area contributed by atoms with Gasteiger partial charge in [0.25, 0.3) is 0 Å². The molecule has 0 aromatic carbocycles. The van der Waals surface area contributed by atoms with Crippen molar-refractivity contribution in [2.45, 2.75) is 110 Å². The number of unbranched alkanes of at least 4 members (excludes halogenated alkanes) is 8. The fourth-order valence-corrected chi connectivity index (χ4v) is 2.59. The Bertz CT molecular complexity index is 244. The molecule has 0 aliphatic carbocycles. The Labute approximate surface area is 132 Å². The molecule has 0 heterocycles. The predicted molar refractivity (Wildman–Crippen MR) is 92.5 cm³/mol. The molecule has 0 spiro atoms. The molecule has 2 heteroatoms. The zero-order valence-electron chi connectivity index (χ0n) is 14.6. The quantitative estimate of drug-likeness (QED) is 0.334. The van der Waals surface area contributed by atoms with E-state index in [9.17, 15) is 10.2 Å². The van der Waals surface area contributed by atoms with E-state index in [1.165, 1.54) is 50.5 Å². The summed E-state index contributed by atoms with van der Waals surface area (Å²) >= 11 is 0. The normalized spacial score (nSPS) is 14.0. The second-order valence-electron chi connectivity index (χ2n) is 6.61. The monoisotopic (exact) mass is 298 g/mol. The summed E-state index contributed by atoms with van der Waals surface area (Å²) in [6.45, 7) is 6.42. The number of hydrogen-bond acceptors (Lipinski definition) is 2. The molecular formula is C19H38O2. The first-order valence-corrected chi connectivity index (χ1v) is 9.07. The first kappa shape index (κ1) is 20.7. The molecule has 0 amide bonds. The fourth-order valence-electron chi connectivity index (χ4n) is 2.59. The number of hydrogen-bond donors (Lipinski definition) is 2. The number of aliphatic hydroxyl groups is 2. The Morgan fingerprint density at radius 1 is 0.762 bits per heavy atom. The molecule has 0 rings (SSSR count). The first-order chi connectivity index (χ1) is 10.1. The summed E-state index contributed by atoms with van der Waals surface area (Å²) in [5.41, 5.74) is 1.32. The van der Waals surface area contributed by atoms with Crippen molar-refractivity contribution in [3.63, 3.8) is 0 Å². The van der Waals surface area contributed by atoms with E-state index in [0.29, 0.717) is 6.42 Å². The van der Waals surface area contributed by atoms with Crippen molar-refractivity contribution in [1.29, 1.82) is 0 Å². The zero-order chi connectivity index (χ0) is 15.9. The molecule has 0 fully saturated rings. The number of allylic oxidation sites excluding steroid dienone is 2. The van der Waals surface area contributed by atoms with Crippen LogP contribution in [0.3, 0.4) is 0 Å². The van der Waals surface area contributed by atoms with Gasteiger partial charge in [-0.05, 0) is 39.5 Å². The highest BCUT2D eigenvalue weighted by Gasteiger charge is 2.14. The van der Waals surface area contributed by atoms with Gasteiger partial charge in [-0.25, -0.2) is 0 Å². The van der Waals surface area contributed by atoms with Crippen LogP contribution in [0.1, 0.15) is 97.8 Å². The van der Waals surface area contributed by atoms with Crippen molar-refractivity contribution in [1.82, 2.24) is 0 Å². The maximum absolute atomic E-state index is 9.93. The van der Waals surface area contributed by atoms with Gasteiger partial charge in [-0.15, -0.1) is 0 Å². The van der Waals surface area contributed by atoms with Crippen molar-refractivity contribution in [3.8, 4) is 0 Å². The molecule has 0 aliphatic rings. The van der Waals surface area contributed by atoms with E-state index in [2.05, 4.69) is 26.8 Å². The molecular weight excluding hydrogens is 260 g/mol. The zero-order valence-corrected chi connectivity index (χ0v) is 14.6. The van der Waals surface area contributed by atoms with E-state index in [-0.39, 0.29) is 0 Å². The van der Waals surface area contributed by atoms with E-state index in [1.807, 2.05) is 0 Å². The second-order valence-corrected chi connectivity index (χ2v) is 6.61. The molecule has 2 nitrogen and oxygen atoms in total. The predicted octanol–water partition coefficient (Wildman–Crippen LogP) is 5.38. The smallest absolute Gasteiger partial charge is 0.0799 e. The van der Waals surface area contributed by atoms with Crippen LogP contribution in [0.15, 0.2) is 11.6 Å². The van der Waals surface area contributed by atoms with Gasteiger partial charge >= 0.3 is 0 Å². The third-order valence-electron chi connectivity index (χ3n) is 4.05. The first-order valence-electron chi connectivity index (χ1n) is 9.07. The van der Waals surface area contributed by atoms with E-state index in [4.69, 9.17) is 0 Å². The summed E-state index contributed by atoms with van der Waals surface area (Å²) < 4.78 is 0. The van der Waals surface area contributed by atoms with Crippen LogP contribution >= 0.6 is 0 Å². The van der Waals surface area contributed by atoms with Crippen LogP contribution in [0.25, 0.3) is 0 Å². The van der Waals surface area contributed by atoms with Gasteiger partial charge in [-0.2, -0.15) is 0 Å². The van der Waals surface area contributed by atoms with Crippen LogP contribution < -0.4 is 0 Å². The van der Waals surface area contributed by atoms with Crippen molar-refractivity contribution in [3.05, 3.63) is 11.6 Å². The highest BCUT2D eigenvalue weighted by atomic mass is 16.3. The topological polar surface area (TPSA) is 40.5 Å². The van der Waals surface area contributed by atoms with Gasteiger partial charge in [0.1, 0.15) is 0 Å². The van der Waals surface area contributed by atoms with Crippen LogP contribution in [-0.4, -0.2) is 22.4 Å². The molecule has 0 aromatic rings. The summed E-state index contributed by atoms with van der Waals surface area (Å²) in [6, 6.07) is 0. The number of rotatable bonds is 14. The second kappa shape index (κ2) is 14.6. The highest BCUT2D eigenvalue weighted by Crippen LogP contribution is 2.14. The van der Waals surface area contributed by atoms with Crippen LogP contribution in [0, 0.1) is 0 Å². The Balaban J connectivity index is 3.42. The Morgan fingerprint density at radius 2 is 1.24 bits per heavy atom. The van der Waals surface area contributed by atoms with Crippen molar-refractivity contribution in [2.75, 3.05) is 0 Å². The molecule has 21 heavy (non-hydrogen) atoms. The molecule has 2 atom stereocenters.